The first-order valence-corrected chi connectivity index (χ1v) is 10.9. The third kappa shape index (κ3) is 3.48. The molecule has 10 heteroatoms. The molecule has 2 aliphatic rings. The maximum atomic E-state index is 13.3. The van der Waals surface area contributed by atoms with Gasteiger partial charge in [0.25, 0.3) is 11.5 Å². The zero-order valence-electron chi connectivity index (χ0n) is 18.3. The number of primary amides is 1. The number of carbonyl (C=O) groups is 2. The molecule has 4 rings (SSSR count). The number of nitrogens with two attached hydrogens (primary N) is 1. The van der Waals surface area contributed by atoms with Crippen molar-refractivity contribution in [2.45, 2.75) is 38.8 Å². The molecule has 2 aromatic heterocycles. The molecule has 0 aliphatic carbocycles. The van der Waals surface area contributed by atoms with E-state index in [4.69, 9.17) is 5.73 Å². The highest BCUT2D eigenvalue weighted by molar-refractivity contribution is 5.98. The third-order valence-corrected chi connectivity index (χ3v) is 6.76. The molecular weight excluding hydrogens is 400 g/mol. The van der Waals surface area contributed by atoms with Crippen molar-refractivity contribution in [1.29, 1.82) is 0 Å². The van der Waals surface area contributed by atoms with Gasteiger partial charge in [0.05, 0.1) is 5.39 Å². The maximum Gasteiger partial charge on any atom is 0.332 e. The lowest BCUT2D eigenvalue weighted by molar-refractivity contribution is -0.123. The highest BCUT2D eigenvalue weighted by Gasteiger charge is 2.38. The summed E-state index contributed by atoms with van der Waals surface area (Å²) >= 11 is 0. The van der Waals surface area contributed by atoms with E-state index in [1.807, 2.05) is 6.92 Å². The summed E-state index contributed by atoms with van der Waals surface area (Å²) in [5, 5.41) is 0.381. The van der Waals surface area contributed by atoms with Gasteiger partial charge in [-0.25, -0.2) is 4.79 Å². The van der Waals surface area contributed by atoms with Gasteiger partial charge in [0.15, 0.2) is 0 Å². The molecule has 0 aromatic carbocycles. The van der Waals surface area contributed by atoms with Gasteiger partial charge in [-0.1, -0.05) is 6.92 Å². The van der Waals surface area contributed by atoms with E-state index in [1.54, 1.807) is 22.6 Å². The zero-order valence-corrected chi connectivity index (χ0v) is 18.3. The minimum atomic E-state index is -0.407. The highest BCUT2D eigenvalue weighted by atomic mass is 16.2. The van der Waals surface area contributed by atoms with Crippen LogP contribution in [-0.2, 0) is 25.4 Å². The van der Waals surface area contributed by atoms with E-state index in [1.165, 1.54) is 11.6 Å². The molecular formula is C21H30N6O4. The second-order valence-electron chi connectivity index (χ2n) is 8.70. The van der Waals surface area contributed by atoms with Gasteiger partial charge < -0.3 is 15.2 Å². The van der Waals surface area contributed by atoms with Crippen LogP contribution in [0.15, 0.2) is 15.7 Å². The maximum absolute atomic E-state index is 13.3. The first-order valence-electron chi connectivity index (χ1n) is 10.9. The van der Waals surface area contributed by atoms with Crippen molar-refractivity contribution in [3.8, 4) is 0 Å². The number of piperidine rings is 1. The van der Waals surface area contributed by atoms with Crippen LogP contribution in [0.1, 0.15) is 36.7 Å². The van der Waals surface area contributed by atoms with E-state index < -0.39 is 5.69 Å². The summed E-state index contributed by atoms with van der Waals surface area (Å²) in [4.78, 5) is 53.8. The summed E-state index contributed by atoms with van der Waals surface area (Å²) in [6.45, 7) is 5.40. The minimum absolute atomic E-state index is 0.0481. The van der Waals surface area contributed by atoms with Gasteiger partial charge in [0.2, 0.25) is 5.91 Å². The molecule has 0 spiro atoms. The Hall–Kier alpha value is -2.88. The predicted octanol–water partition coefficient (Wildman–Crippen LogP) is -0.530. The van der Waals surface area contributed by atoms with Crippen LogP contribution in [-0.4, -0.2) is 67.5 Å². The number of fused-ring (bicyclic) bond motifs is 1. The molecule has 0 bridgehead atoms. The number of aromatic nitrogens is 3. The van der Waals surface area contributed by atoms with E-state index in [2.05, 4.69) is 4.90 Å². The van der Waals surface area contributed by atoms with E-state index in [0.29, 0.717) is 36.4 Å². The summed E-state index contributed by atoms with van der Waals surface area (Å²) in [6.07, 6.45) is 2.30. The number of rotatable bonds is 5. The molecule has 0 radical (unpaired) electrons. The Morgan fingerprint density at radius 2 is 1.74 bits per heavy atom. The Bertz CT molecular complexity index is 1150. The van der Waals surface area contributed by atoms with Crippen LogP contribution in [0.5, 0.6) is 0 Å². The van der Waals surface area contributed by atoms with Gasteiger partial charge in [0, 0.05) is 45.7 Å². The van der Waals surface area contributed by atoms with Crippen molar-refractivity contribution in [2.24, 2.45) is 25.7 Å². The molecule has 0 saturated carbocycles. The molecule has 2 N–H and O–H groups in total. The SMILES string of the molecule is CCCn1c(C(=O)N2CC(N3CCC(C(N)=O)CC3)C2)cc2c(=O)n(C)c(=O)n(C)c21. The van der Waals surface area contributed by atoms with Crippen molar-refractivity contribution < 1.29 is 9.59 Å². The van der Waals surface area contributed by atoms with Gasteiger partial charge in [-0.3, -0.25) is 28.4 Å². The lowest BCUT2D eigenvalue weighted by Gasteiger charge is -2.47. The lowest BCUT2D eigenvalue weighted by atomic mass is 9.93. The molecule has 2 saturated heterocycles. The van der Waals surface area contributed by atoms with Crippen LogP contribution < -0.4 is 17.0 Å². The monoisotopic (exact) mass is 430 g/mol. The quantitative estimate of drug-likeness (QED) is 0.685. The number of aryl methyl sites for hydroxylation is 2. The molecule has 2 amide bonds. The summed E-state index contributed by atoms with van der Waals surface area (Å²) < 4.78 is 4.30. The summed E-state index contributed by atoms with van der Waals surface area (Å²) in [6, 6.07) is 1.90. The number of hydrogen-bond acceptors (Lipinski definition) is 5. The predicted molar refractivity (Wildman–Crippen MR) is 116 cm³/mol. The molecule has 2 aromatic rings. The molecule has 0 unspecified atom stereocenters. The Balaban J connectivity index is 1.55. The topological polar surface area (TPSA) is 116 Å². The van der Waals surface area contributed by atoms with E-state index in [9.17, 15) is 19.2 Å². The van der Waals surface area contributed by atoms with Crippen molar-refractivity contribution >= 4 is 22.8 Å². The summed E-state index contributed by atoms with van der Waals surface area (Å²) in [5.41, 5.74) is 5.55. The molecule has 10 nitrogen and oxygen atoms in total. The van der Waals surface area contributed by atoms with Crippen LogP contribution in [0.25, 0.3) is 11.0 Å². The van der Waals surface area contributed by atoms with Crippen LogP contribution in [0.3, 0.4) is 0 Å². The number of nitrogens with zero attached hydrogens (tertiary/aromatic N) is 5. The van der Waals surface area contributed by atoms with Crippen LogP contribution in [0.4, 0.5) is 0 Å². The van der Waals surface area contributed by atoms with Gasteiger partial charge in [0.1, 0.15) is 11.3 Å². The van der Waals surface area contributed by atoms with Crippen LogP contribution >= 0.6 is 0 Å². The first kappa shape index (κ1) is 21.4. The summed E-state index contributed by atoms with van der Waals surface area (Å²) in [5.74, 6) is -0.398. The number of hydrogen-bond donors (Lipinski definition) is 1. The normalized spacial score (nSPS) is 18.5. The smallest absolute Gasteiger partial charge is 0.332 e. The number of likely N-dealkylation sites (tertiary alicyclic amines) is 2. The van der Waals surface area contributed by atoms with E-state index in [-0.39, 0.29) is 29.3 Å². The van der Waals surface area contributed by atoms with Crippen LogP contribution in [0, 0.1) is 5.92 Å². The fraction of sp³-hybridized carbons (Fsp3) is 0.619. The second kappa shape index (κ2) is 7.99. The standard InChI is InChI=1S/C21H30N6O4/c1-4-7-27-16(10-15-18(27)23(2)21(31)24(3)19(15)29)20(30)26-11-14(12-26)25-8-5-13(6-9-25)17(22)28/h10,13-14H,4-9,11-12H2,1-3H3,(H2,22,28). The average Bonchev–Trinajstić information content (AvgIpc) is 3.09. The fourth-order valence-electron chi connectivity index (χ4n) is 4.83. The van der Waals surface area contributed by atoms with E-state index in [0.717, 1.165) is 36.9 Å². The molecule has 168 valence electrons. The first-order chi connectivity index (χ1) is 14.7. The number of amides is 2. The van der Waals surface area contributed by atoms with Gasteiger partial charge >= 0.3 is 5.69 Å². The lowest BCUT2D eigenvalue weighted by Crippen LogP contribution is -2.62. The Morgan fingerprint density at radius 3 is 2.32 bits per heavy atom. The third-order valence-electron chi connectivity index (χ3n) is 6.76. The average molecular weight is 431 g/mol. The minimum Gasteiger partial charge on any atom is -0.369 e. The van der Waals surface area contributed by atoms with Crippen molar-refractivity contribution in [2.75, 3.05) is 26.2 Å². The molecule has 2 fully saturated rings. The van der Waals surface area contributed by atoms with Crippen molar-refractivity contribution in [1.82, 2.24) is 23.5 Å². The largest absolute Gasteiger partial charge is 0.369 e. The van der Waals surface area contributed by atoms with Crippen molar-refractivity contribution in [3.63, 3.8) is 0 Å². The highest BCUT2D eigenvalue weighted by Crippen LogP contribution is 2.26. The molecule has 4 heterocycles. The second-order valence-corrected chi connectivity index (χ2v) is 8.70. The van der Waals surface area contributed by atoms with Gasteiger partial charge in [-0.2, -0.15) is 0 Å². The van der Waals surface area contributed by atoms with Crippen LogP contribution in [0.2, 0.25) is 0 Å². The molecule has 31 heavy (non-hydrogen) atoms. The fourth-order valence-corrected chi connectivity index (χ4v) is 4.83. The Labute approximate surface area is 179 Å². The van der Waals surface area contributed by atoms with Gasteiger partial charge in [-0.15, -0.1) is 0 Å². The summed E-state index contributed by atoms with van der Waals surface area (Å²) in [7, 11) is 3.07. The molecule has 0 atom stereocenters. The Morgan fingerprint density at radius 1 is 1.10 bits per heavy atom. The van der Waals surface area contributed by atoms with Gasteiger partial charge in [-0.05, 0) is 38.4 Å². The Kier molecular flexibility index (Phi) is 5.50. The molecule has 2 aliphatic heterocycles. The van der Waals surface area contributed by atoms with Crippen molar-refractivity contribution in [3.05, 3.63) is 32.6 Å². The number of carbonyl (C=O) groups excluding carboxylic acids is 2. The zero-order chi connectivity index (χ0) is 22.4. The van der Waals surface area contributed by atoms with E-state index >= 15 is 0 Å².